The lowest BCUT2D eigenvalue weighted by Gasteiger charge is -2.15. The number of nitrogens with two attached hydrogens (primary N) is 1. The molecule has 7 heteroatoms. The highest BCUT2D eigenvalue weighted by Crippen LogP contribution is 2.40. The fourth-order valence-corrected chi connectivity index (χ4v) is 3.32. The van der Waals surface area contributed by atoms with Gasteiger partial charge in [-0.25, -0.2) is 0 Å². The third kappa shape index (κ3) is 3.84. The average Bonchev–Trinajstić information content (AvgIpc) is 3.23. The number of alkyl halides is 3. The van der Waals surface area contributed by atoms with E-state index in [0.29, 0.717) is 17.7 Å². The van der Waals surface area contributed by atoms with Crippen LogP contribution < -0.4 is 5.73 Å². The van der Waals surface area contributed by atoms with E-state index in [4.69, 9.17) is 10.3 Å². The number of benzene rings is 3. The third-order valence-corrected chi connectivity index (χ3v) is 4.85. The molecular weight excluding hydrogens is 391 g/mol. The fraction of sp³-hybridized carbons (Fsp3) is 0.130. The molecule has 0 saturated carbocycles. The largest absolute Gasteiger partial charge is 0.417 e. The summed E-state index contributed by atoms with van der Waals surface area (Å²) in [5.41, 5.74) is 8.07. The molecule has 3 aromatic carbocycles. The molecule has 4 rings (SSSR count). The van der Waals surface area contributed by atoms with Crippen molar-refractivity contribution in [2.45, 2.75) is 19.6 Å². The second-order valence-corrected chi connectivity index (χ2v) is 6.90. The van der Waals surface area contributed by atoms with Crippen LogP contribution in [0, 0.1) is 6.92 Å². The SMILES string of the molecule is Cc1ccccc1-c1ccc(-c2nc(-c3cccc(CN)c3)no2)cc1C(F)(F)F. The van der Waals surface area contributed by atoms with E-state index >= 15 is 0 Å². The molecule has 4 nitrogen and oxygen atoms in total. The topological polar surface area (TPSA) is 64.9 Å². The van der Waals surface area contributed by atoms with Gasteiger partial charge >= 0.3 is 6.18 Å². The zero-order valence-corrected chi connectivity index (χ0v) is 16.1. The maximum atomic E-state index is 13.8. The molecule has 0 unspecified atom stereocenters. The van der Waals surface area contributed by atoms with Crippen molar-refractivity contribution in [3.05, 3.63) is 83.4 Å². The maximum absolute atomic E-state index is 13.8. The van der Waals surface area contributed by atoms with Crippen molar-refractivity contribution in [1.82, 2.24) is 10.1 Å². The van der Waals surface area contributed by atoms with Crippen molar-refractivity contribution in [2.75, 3.05) is 0 Å². The van der Waals surface area contributed by atoms with Crippen LogP contribution in [0.1, 0.15) is 16.7 Å². The van der Waals surface area contributed by atoms with Crippen LogP contribution in [0.5, 0.6) is 0 Å². The Labute approximate surface area is 171 Å². The van der Waals surface area contributed by atoms with E-state index in [9.17, 15) is 13.2 Å². The molecule has 0 aliphatic heterocycles. The van der Waals surface area contributed by atoms with E-state index in [-0.39, 0.29) is 22.8 Å². The summed E-state index contributed by atoms with van der Waals surface area (Å²) in [4.78, 5) is 4.28. The van der Waals surface area contributed by atoms with Gasteiger partial charge in [0.15, 0.2) is 0 Å². The molecule has 0 aliphatic rings. The van der Waals surface area contributed by atoms with E-state index in [0.717, 1.165) is 17.2 Å². The van der Waals surface area contributed by atoms with Crippen LogP contribution >= 0.6 is 0 Å². The van der Waals surface area contributed by atoms with Gasteiger partial charge in [-0.05, 0) is 47.4 Å². The van der Waals surface area contributed by atoms with Crippen LogP contribution in [0.2, 0.25) is 0 Å². The average molecular weight is 409 g/mol. The minimum atomic E-state index is -4.54. The van der Waals surface area contributed by atoms with Crippen molar-refractivity contribution in [1.29, 1.82) is 0 Å². The standard InChI is InChI=1S/C23H18F3N3O/c1-14-5-2-3-8-18(14)19-10-9-17(12-20(19)23(24,25)26)22-28-21(29-30-22)16-7-4-6-15(11-16)13-27/h2-12H,13,27H2,1H3. The van der Waals surface area contributed by atoms with Crippen LogP contribution in [0.25, 0.3) is 34.0 Å². The van der Waals surface area contributed by atoms with Gasteiger partial charge in [0.25, 0.3) is 5.89 Å². The first-order valence-electron chi connectivity index (χ1n) is 9.27. The van der Waals surface area contributed by atoms with Gasteiger partial charge < -0.3 is 10.3 Å². The predicted octanol–water partition coefficient (Wildman–Crippen LogP) is 5.86. The number of hydrogen-bond acceptors (Lipinski definition) is 4. The number of hydrogen-bond donors (Lipinski definition) is 1. The molecule has 0 atom stereocenters. The molecule has 0 fully saturated rings. The first kappa shape index (κ1) is 19.8. The lowest BCUT2D eigenvalue weighted by molar-refractivity contribution is -0.137. The Hall–Kier alpha value is -3.45. The summed E-state index contributed by atoms with van der Waals surface area (Å²) in [6.45, 7) is 2.14. The summed E-state index contributed by atoms with van der Waals surface area (Å²) < 4.78 is 46.8. The van der Waals surface area contributed by atoms with Crippen LogP contribution in [0.4, 0.5) is 13.2 Å². The molecule has 0 aliphatic carbocycles. The van der Waals surface area contributed by atoms with Crippen molar-refractivity contribution < 1.29 is 17.7 Å². The molecule has 0 radical (unpaired) electrons. The van der Waals surface area contributed by atoms with Gasteiger partial charge in [0.2, 0.25) is 5.82 Å². The lowest BCUT2D eigenvalue weighted by atomic mass is 9.94. The first-order chi connectivity index (χ1) is 14.4. The number of rotatable bonds is 4. The Morgan fingerprint density at radius 3 is 2.43 bits per heavy atom. The van der Waals surface area contributed by atoms with Crippen LogP contribution in [-0.4, -0.2) is 10.1 Å². The van der Waals surface area contributed by atoms with Crippen molar-refractivity contribution in [3.63, 3.8) is 0 Å². The Balaban J connectivity index is 1.78. The van der Waals surface area contributed by atoms with Crippen LogP contribution in [-0.2, 0) is 12.7 Å². The van der Waals surface area contributed by atoms with Gasteiger partial charge in [-0.3, -0.25) is 0 Å². The molecule has 1 aromatic heterocycles. The van der Waals surface area contributed by atoms with Crippen molar-refractivity contribution in [2.24, 2.45) is 5.73 Å². The van der Waals surface area contributed by atoms with Crippen LogP contribution in [0.3, 0.4) is 0 Å². The van der Waals surface area contributed by atoms with E-state index < -0.39 is 11.7 Å². The fourth-order valence-electron chi connectivity index (χ4n) is 3.32. The summed E-state index contributed by atoms with van der Waals surface area (Å²) in [7, 11) is 0. The monoisotopic (exact) mass is 409 g/mol. The molecule has 0 spiro atoms. The highest BCUT2D eigenvalue weighted by Gasteiger charge is 2.34. The highest BCUT2D eigenvalue weighted by molar-refractivity contribution is 5.74. The van der Waals surface area contributed by atoms with Gasteiger partial charge in [-0.15, -0.1) is 0 Å². The molecule has 0 amide bonds. The van der Waals surface area contributed by atoms with E-state index in [1.807, 2.05) is 18.2 Å². The number of aryl methyl sites for hydroxylation is 1. The van der Waals surface area contributed by atoms with Gasteiger partial charge in [0.05, 0.1) is 5.56 Å². The van der Waals surface area contributed by atoms with Gasteiger partial charge in [-0.2, -0.15) is 18.2 Å². The molecule has 0 bridgehead atoms. The Kier molecular flexibility index (Phi) is 5.13. The number of halogens is 3. The summed E-state index contributed by atoms with van der Waals surface area (Å²) in [5, 5.41) is 3.92. The minimum Gasteiger partial charge on any atom is -0.334 e. The lowest BCUT2D eigenvalue weighted by Crippen LogP contribution is -2.08. The Morgan fingerprint density at radius 2 is 1.70 bits per heavy atom. The molecule has 1 heterocycles. The summed E-state index contributed by atoms with van der Waals surface area (Å²) in [5.74, 6) is 0.307. The van der Waals surface area contributed by atoms with E-state index in [1.165, 1.54) is 6.07 Å². The number of aromatic nitrogens is 2. The quantitative estimate of drug-likeness (QED) is 0.459. The predicted molar refractivity (Wildman–Crippen MR) is 108 cm³/mol. The zero-order valence-electron chi connectivity index (χ0n) is 16.1. The molecule has 0 saturated heterocycles. The second-order valence-electron chi connectivity index (χ2n) is 6.90. The minimum absolute atomic E-state index is 0.0185. The smallest absolute Gasteiger partial charge is 0.334 e. The summed E-state index contributed by atoms with van der Waals surface area (Å²) in [6, 6.07) is 18.3. The normalized spacial score (nSPS) is 11.6. The van der Waals surface area contributed by atoms with Gasteiger partial charge in [0.1, 0.15) is 0 Å². The van der Waals surface area contributed by atoms with Gasteiger partial charge in [0, 0.05) is 17.7 Å². The third-order valence-electron chi connectivity index (χ3n) is 4.85. The molecule has 152 valence electrons. The molecular formula is C23H18F3N3O. The van der Waals surface area contributed by atoms with E-state index in [1.54, 1.807) is 43.3 Å². The summed E-state index contributed by atoms with van der Waals surface area (Å²) in [6.07, 6.45) is -4.54. The van der Waals surface area contributed by atoms with Crippen molar-refractivity contribution in [3.8, 4) is 34.0 Å². The molecule has 4 aromatic rings. The van der Waals surface area contributed by atoms with E-state index in [2.05, 4.69) is 10.1 Å². The van der Waals surface area contributed by atoms with Crippen LogP contribution in [0.15, 0.2) is 71.3 Å². The second kappa shape index (κ2) is 7.76. The zero-order chi connectivity index (χ0) is 21.3. The van der Waals surface area contributed by atoms with Crippen molar-refractivity contribution >= 4 is 0 Å². The Bertz CT molecular complexity index is 1200. The first-order valence-corrected chi connectivity index (χ1v) is 9.27. The molecule has 30 heavy (non-hydrogen) atoms. The highest BCUT2D eigenvalue weighted by atomic mass is 19.4. The summed E-state index contributed by atoms with van der Waals surface area (Å²) >= 11 is 0. The molecule has 2 N–H and O–H groups in total. The maximum Gasteiger partial charge on any atom is 0.417 e. The Morgan fingerprint density at radius 1 is 0.900 bits per heavy atom. The number of nitrogens with zero attached hydrogens (tertiary/aromatic N) is 2. The van der Waals surface area contributed by atoms with Gasteiger partial charge in [-0.1, -0.05) is 53.7 Å².